The lowest BCUT2D eigenvalue weighted by molar-refractivity contribution is -0.121. The second-order valence-corrected chi connectivity index (χ2v) is 7.11. The number of ether oxygens (including phenoxy) is 2. The molecular weight excluding hydrogens is 358 g/mol. The zero-order valence-corrected chi connectivity index (χ0v) is 15.9. The van der Waals surface area contributed by atoms with Crippen LogP contribution in [0.5, 0.6) is 11.5 Å². The first-order valence-corrected chi connectivity index (χ1v) is 9.25. The number of carbonyl (C=O) groups is 2. The van der Waals surface area contributed by atoms with E-state index in [9.17, 15) is 9.59 Å². The summed E-state index contributed by atoms with van der Waals surface area (Å²) >= 11 is 0. The molecule has 0 radical (unpaired) electrons. The number of methoxy groups -OCH3 is 2. The molecule has 2 heterocycles. The predicted octanol–water partition coefficient (Wildman–Crippen LogP) is 2.25. The molecule has 2 amide bonds. The van der Waals surface area contributed by atoms with Crippen LogP contribution in [0, 0.1) is 0 Å². The first kappa shape index (κ1) is 18.3. The van der Waals surface area contributed by atoms with Crippen molar-refractivity contribution in [2.24, 2.45) is 5.73 Å². The number of nitrogens with one attached hydrogen (secondary N) is 1. The number of amides is 2. The third-order valence-electron chi connectivity index (χ3n) is 5.43. The number of benzene rings is 2. The van der Waals surface area contributed by atoms with Crippen molar-refractivity contribution < 1.29 is 19.1 Å². The van der Waals surface area contributed by atoms with Gasteiger partial charge in [-0.2, -0.15) is 0 Å². The number of nitrogens with two attached hydrogens (primary N) is 1. The van der Waals surface area contributed by atoms with Gasteiger partial charge in [-0.15, -0.1) is 0 Å². The van der Waals surface area contributed by atoms with E-state index >= 15 is 0 Å². The fourth-order valence-corrected chi connectivity index (χ4v) is 3.89. The van der Waals surface area contributed by atoms with Gasteiger partial charge in [-0.05, 0) is 42.7 Å². The Hall–Kier alpha value is -3.06. The van der Waals surface area contributed by atoms with E-state index in [0.717, 1.165) is 11.1 Å². The third kappa shape index (κ3) is 3.07. The number of anilines is 1. The maximum absolute atomic E-state index is 13.2. The van der Waals surface area contributed by atoms with Crippen LogP contribution in [-0.2, 0) is 4.79 Å². The third-order valence-corrected chi connectivity index (χ3v) is 5.43. The highest BCUT2D eigenvalue weighted by Gasteiger charge is 2.39. The summed E-state index contributed by atoms with van der Waals surface area (Å²) in [6.45, 7) is 0.480. The zero-order chi connectivity index (χ0) is 19.8. The van der Waals surface area contributed by atoms with E-state index in [1.165, 1.54) is 0 Å². The summed E-state index contributed by atoms with van der Waals surface area (Å²) in [4.78, 5) is 27.5. The molecular formula is C21H23N3O4. The maximum atomic E-state index is 13.2. The van der Waals surface area contributed by atoms with Crippen LogP contribution in [0.1, 0.15) is 23.2 Å². The Morgan fingerprint density at radius 2 is 1.89 bits per heavy atom. The second kappa shape index (κ2) is 7.16. The lowest BCUT2D eigenvalue weighted by Gasteiger charge is -2.35. The fraction of sp³-hybridized carbons (Fsp3) is 0.333. The first-order chi connectivity index (χ1) is 13.5. The topological polar surface area (TPSA) is 93.9 Å². The van der Waals surface area contributed by atoms with Crippen LogP contribution in [0.25, 0.3) is 11.1 Å². The summed E-state index contributed by atoms with van der Waals surface area (Å²) in [5.41, 5.74) is 8.68. The quantitative estimate of drug-likeness (QED) is 0.851. The second-order valence-electron chi connectivity index (χ2n) is 7.11. The van der Waals surface area contributed by atoms with E-state index in [1.54, 1.807) is 37.3 Å². The molecule has 0 spiro atoms. The maximum Gasteiger partial charge on any atom is 0.256 e. The predicted molar refractivity (Wildman–Crippen MR) is 106 cm³/mol. The van der Waals surface area contributed by atoms with Gasteiger partial charge < -0.3 is 25.4 Å². The monoisotopic (exact) mass is 381 g/mol. The minimum atomic E-state index is -0.525. The number of piperidine rings is 1. The van der Waals surface area contributed by atoms with E-state index in [-0.39, 0.29) is 17.9 Å². The van der Waals surface area contributed by atoms with E-state index in [4.69, 9.17) is 15.2 Å². The number of fused-ring (bicyclic) bond motifs is 2. The first-order valence-electron chi connectivity index (χ1n) is 9.25. The molecule has 2 aromatic carbocycles. The minimum Gasteiger partial charge on any atom is -0.497 e. The molecule has 2 aliphatic heterocycles. The van der Waals surface area contributed by atoms with Crippen LogP contribution in [0.4, 0.5) is 5.69 Å². The van der Waals surface area contributed by atoms with Gasteiger partial charge in [-0.3, -0.25) is 9.59 Å². The Labute approximate surface area is 163 Å². The molecule has 2 aliphatic rings. The summed E-state index contributed by atoms with van der Waals surface area (Å²) < 4.78 is 10.7. The van der Waals surface area contributed by atoms with Gasteiger partial charge in [0.25, 0.3) is 5.91 Å². The Kier molecular flexibility index (Phi) is 4.68. The average molecular weight is 381 g/mol. The van der Waals surface area contributed by atoms with E-state index in [2.05, 4.69) is 5.32 Å². The van der Waals surface area contributed by atoms with Crippen LogP contribution in [-0.4, -0.2) is 49.6 Å². The van der Waals surface area contributed by atoms with Crippen molar-refractivity contribution in [3.8, 4) is 22.6 Å². The molecule has 4 rings (SSSR count). The zero-order valence-electron chi connectivity index (χ0n) is 15.9. The smallest absolute Gasteiger partial charge is 0.256 e. The van der Waals surface area contributed by atoms with E-state index in [1.807, 2.05) is 18.2 Å². The van der Waals surface area contributed by atoms with Gasteiger partial charge in [-0.1, -0.05) is 6.07 Å². The summed E-state index contributed by atoms with van der Waals surface area (Å²) in [5.74, 6) is 0.994. The Bertz CT molecular complexity index is 943. The summed E-state index contributed by atoms with van der Waals surface area (Å²) in [5, 5.41) is 2.89. The van der Waals surface area contributed by atoms with Gasteiger partial charge in [0.15, 0.2) is 0 Å². The van der Waals surface area contributed by atoms with Gasteiger partial charge in [0.1, 0.15) is 17.5 Å². The number of hydrogen-bond acceptors (Lipinski definition) is 5. The van der Waals surface area contributed by atoms with Gasteiger partial charge in [-0.25, -0.2) is 0 Å². The SMILES string of the molecule is COc1ccc(-c2ccc3c(c2)C(=O)N2CC[C@H](N)C[C@H]2C(=O)N3)c(OC)c1. The molecule has 2 aromatic rings. The Balaban J connectivity index is 1.76. The number of hydrogen-bond donors (Lipinski definition) is 2. The van der Waals surface area contributed by atoms with Crippen molar-refractivity contribution in [3.05, 3.63) is 42.0 Å². The van der Waals surface area contributed by atoms with Crippen LogP contribution in [0.3, 0.4) is 0 Å². The highest BCUT2D eigenvalue weighted by atomic mass is 16.5. The number of nitrogens with zero attached hydrogens (tertiary/aromatic N) is 1. The molecule has 0 unspecified atom stereocenters. The molecule has 7 nitrogen and oxygen atoms in total. The lowest BCUT2D eigenvalue weighted by atomic mass is 9.96. The number of rotatable bonds is 3. The van der Waals surface area contributed by atoms with Crippen LogP contribution >= 0.6 is 0 Å². The molecule has 7 heteroatoms. The fourth-order valence-electron chi connectivity index (χ4n) is 3.89. The Morgan fingerprint density at radius 3 is 2.64 bits per heavy atom. The molecule has 0 bridgehead atoms. The standard InChI is InChI=1S/C21H23N3O4/c1-27-14-4-5-15(19(11-14)28-2)12-3-6-17-16(9-12)21(26)24-8-7-13(22)10-18(24)20(25)23-17/h3-6,9,11,13,18H,7-8,10,22H2,1-2H3,(H,23,25)/t13-,18-/m0/s1. The van der Waals surface area contributed by atoms with Crippen molar-refractivity contribution in [2.75, 3.05) is 26.1 Å². The van der Waals surface area contributed by atoms with Crippen LogP contribution in [0.15, 0.2) is 36.4 Å². The van der Waals surface area contributed by atoms with Crippen molar-refractivity contribution >= 4 is 17.5 Å². The van der Waals surface area contributed by atoms with E-state index in [0.29, 0.717) is 42.1 Å². The van der Waals surface area contributed by atoms with Crippen molar-refractivity contribution in [2.45, 2.75) is 24.9 Å². The molecule has 146 valence electrons. The van der Waals surface area contributed by atoms with Crippen LogP contribution in [0.2, 0.25) is 0 Å². The summed E-state index contributed by atoms with van der Waals surface area (Å²) in [7, 11) is 3.19. The number of carbonyl (C=O) groups excluding carboxylic acids is 2. The highest BCUT2D eigenvalue weighted by Crippen LogP contribution is 2.36. The van der Waals surface area contributed by atoms with Crippen LogP contribution < -0.4 is 20.5 Å². The van der Waals surface area contributed by atoms with Gasteiger partial charge >= 0.3 is 0 Å². The molecule has 0 aromatic heterocycles. The lowest BCUT2D eigenvalue weighted by Crippen LogP contribution is -2.53. The molecule has 2 atom stereocenters. The molecule has 0 saturated carbocycles. The van der Waals surface area contributed by atoms with Gasteiger partial charge in [0, 0.05) is 24.2 Å². The molecule has 0 aliphatic carbocycles. The summed E-state index contributed by atoms with van der Waals surface area (Å²) in [6.07, 6.45) is 1.17. The normalized spacial score (nSPS) is 21.3. The molecule has 1 saturated heterocycles. The highest BCUT2D eigenvalue weighted by molar-refractivity contribution is 6.10. The van der Waals surface area contributed by atoms with Crippen molar-refractivity contribution in [1.82, 2.24) is 4.90 Å². The molecule has 1 fully saturated rings. The Morgan fingerprint density at radius 1 is 1.07 bits per heavy atom. The molecule has 28 heavy (non-hydrogen) atoms. The largest absolute Gasteiger partial charge is 0.497 e. The van der Waals surface area contributed by atoms with Gasteiger partial charge in [0.2, 0.25) is 5.91 Å². The summed E-state index contributed by atoms with van der Waals surface area (Å²) in [6, 6.07) is 10.4. The van der Waals surface area contributed by atoms with Crippen molar-refractivity contribution in [3.63, 3.8) is 0 Å². The van der Waals surface area contributed by atoms with E-state index < -0.39 is 6.04 Å². The molecule has 3 N–H and O–H groups in total. The van der Waals surface area contributed by atoms with Gasteiger partial charge in [0.05, 0.1) is 25.5 Å². The van der Waals surface area contributed by atoms with Crippen molar-refractivity contribution in [1.29, 1.82) is 0 Å². The average Bonchev–Trinajstić information content (AvgIpc) is 2.82. The minimum absolute atomic E-state index is 0.0693.